The Kier molecular flexibility index (Phi) is 5.54. The fraction of sp³-hybridized carbons (Fsp3) is 0.320. The highest BCUT2D eigenvalue weighted by Crippen LogP contribution is 2.37. The Morgan fingerprint density at radius 3 is 2.80 bits per heavy atom. The third-order valence-electron chi connectivity index (χ3n) is 5.98. The predicted molar refractivity (Wildman–Crippen MR) is 130 cm³/mol. The maximum atomic E-state index is 4.67. The van der Waals surface area contributed by atoms with E-state index in [9.17, 15) is 0 Å². The molecule has 1 aliphatic heterocycles. The molecule has 0 spiro atoms. The van der Waals surface area contributed by atoms with Crippen molar-refractivity contribution in [2.45, 2.75) is 32.1 Å². The average molecular weight is 417 g/mol. The van der Waals surface area contributed by atoms with E-state index >= 15 is 0 Å². The van der Waals surface area contributed by atoms with Crippen molar-refractivity contribution in [1.82, 2.24) is 9.55 Å². The maximum absolute atomic E-state index is 4.67. The van der Waals surface area contributed by atoms with Crippen molar-refractivity contribution in [3.05, 3.63) is 65.9 Å². The molecule has 154 valence electrons. The lowest BCUT2D eigenvalue weighted by Crippen LogP contribution is -2.29. The zero-order valence-corrected chi connectivity index (χ0v) is 18.3. The van der Waals surface area contributed by atoms with E-state index in [1.54, 1.807) is 11.9 Å². The lowest BCUT2D eigenvalue weighted by atomic mass is 10.0. The molecule has 3 aromatic rings. The van der Waals surface area contributed by atoms with Crippen LogP contribution in [0.1, 0.15) is 32.1 Å². The Balaban J connectivity index is 1.51. The number of nitrogens with one attached hydrogen (secondary N) is 1. The molecule has 0 bridgehead atoms. The molecule has 1 saturated heterocycles. The number of allylic oxidation sites excluding steroid dienone is 3. The van der Waals surface area contributed by atoms with E-state index in [1.165, 1.54) is 46.4 Å². The number of aromatic nitrogens is 2. The minimum atomic E-state index is 1.01. The van der Waals surface area contributed by atoms with E-state index in [0.717, 1.165) is 37.3 Å². The minimum Gasteiger partial charge on any atom is -0.372 e. The second-order valence-corrected chi connectivity index (χ2v) is 8.98. The van der Waals surface area contributed by atoms with Crippen LogP contribution in [0.4, 0.5) is 11.4 Å². The normalized spacial score (nSPS) is 16.7. The Labute approximate surface area is 182 Å². The van der Waals surface area contributed by atoms with Gasteiger partial charge in [0.15, 0.2) is 0 Å². The molecule has 0 amide bonds. The molecule has 0 radical (unpaired) electrons. The van der Waals surface area contributed by atoms with Gasteiger partial charge >= 0.3 is 0 Å². The summed E-state index contributed by atoms with van der Waals surface area (Å²) in [6.07, 6.45) is 17.0. The van der Waals surface area contributed by atoms with Gasteiger partial charge in [-0.3, -0.25) is 0 Å². The molecule has 3 heterocycles. The molecule has 5 heteroatoms. The zero-order valence-electron chi connectivity index (χ0n) is 17.5. The summed E-state index contributed by atoms with van der Waals surface area (Å²) < 4.78 is 5.73. The number of rotatable bonds is 5. The molecule has 1 aromatic carbocycles. The minimum absolute atomic E-state index is 1.01. The largest absolute Gasteiger partial charge is 0.372 e. The van der Waals surface area contributed by atoms with E-state index in [-0.39, 0.29) is 0 Å². The van der Waals surface area contributed by atoms with E-state index < -0.39 is 0 Å². The number of hydrogen-bond acceptors (Lipinski definition) is 4. The lowest BCUT2D eigenvalue weighted by molar-refractivity contribution is 0.578. The number of fused-ring (bicyclic) bond motifs is 1. The summed E-state index contributed by atoms with van der Waals surface area (Å²) in [4.78, 5) is 8.46. The first-order valence-corrected chi connectivity index (χ1v) is 11.7. The molecular formula is C25H28N4S. The highest BCUT2D eigenvalue weighted by atomic mass is 32.2. The number of benzene rings is 1. The van der Waals surface area contributed by atoms with Gasteiger partial charge in [0.05, 0.1) is 11.1 Å². The first-order valence-electron chi connectivity index (χ1n) is 10.9. The molecule has 1 N–H and O–H groups in total. The van der Waals surface area contributed by atoms with Gasteiger partial charge in [0.2, 0.25) is 0 Å². The Morgan fingerprint density at radius 1 is 1.07 bits per heavy atom. The highest BCUT2D eigenvalue weighted by molar-refractivity contribution is 8.04. The summed E-state index contributed by atoms with van der Waals surface area (Å²) in [7, 11) is 2.08. The Bertz CT molecular complexity index is 1110. The summed E-state index contributed by atoms with van der Waals surface area (Å²) >= 11 is 1.68. The molecule has 0 saturated carbocycles. The van der Waals surface area contributed by atoms with Gasteiger partial charge in [0.1, 0.15) is 5.65 Å². The molecule has 0 unspecified atom stereocenters. The zero-order chi connectivity index (χ0) is 20.3. The SMILES string of the molecule is Cn1cc(-c2cccc(N3CCCCC3)c2)c2c(NSC3=CCCC=C3)ccnc21. The number of nitrogens with zero attached hydrogens (tertiary/aromatic N) is 3. The molecule has 30 heavy (non-hydrogen) atoms. The van der Waals surface area contributed by atoms with Crippen LogP contribution in [0, 0.1) is 0 Å². The summed E-state index contributed by atoms with van der Waals surface area (Å²) in [5.41, 5.74) is 5.93. The van der Waals surface area contributed by atoms with Crippen LogP contribution in [0.3, 0.4) is 0 Å². The lowest BCUT2D eigenvalue weighted by Gasteiger charge is -2.29. The maximum Gasteiger partial charge on any atom is 0.142 e. The highest BCUT2D eigenvalue weighted by Gasteiger charge is 2.16. The number of pyridine rings is 1. The van der Waals surface area contributed by atoms with Gasteiger partial charge < -0.3 is 14.2 Å². The fourth-order valence-electron chi connectivity index (χ4n) is 4.41. The van der Waals surface area contributed by atoms with E-state index in [1.807, 2.05) is 6.20 Å². The van der Waals surface area contributed by atoms with Crippen LogP contribution in [0.2, 0.25) is 0 Å². The van der Waals surface area contributed by atoms with Gasteiger partial charge in [-0.2, -0.15) is 0 Å². The van der Waals surface area contributed by atoms with Crippen LogP contribution in [-0.2, 0) is 7.05 Å². The molecule has 2 aliphatic rings. The molecule has 1 aliphatic carbocycles. The van der Waals surface area contributed by atoms with Crippen molar-refractivity contribution < 1.29 is 0 Å². The number of aryl methyl sites for hydroxylation is 1. The smallest absolute Gasteiger partial charge is 0.142 e. The fourth-order valence-corrected chi connectivity index (χ4v) is 5.17. The van der Waals surface area contributed by atoms with Crippen molar-refractivity contribution >= 4 is 34.4 Å². The summed E-state index contributed by atoms with van der Waals surface area (Å²) in [5.74, 6) is 0. The summed E-state index contributed by atoms with van der Waals surface area (Å²) in [6, 6.07) is 11.1. The van der Waals surface area contributed by atoms with Gasteiger partial charge in [-0.05, 0) is 67.8 Å². The summed E-state index contributed by atoms with van der Waals surface area (Å²) in [6.45, 7) is 2.32. The van der Waals surface area contributed by atoms with Crippen LogP contribution in [0.15, 0.2) is 65.9 Å². The molecular weight excluding hydrogens is 388 g/mol. The molecule has 2 aromatic heterocycles. The van der Waals surface area contributed by atoms with Crippen molar-refractivity contribution in [2.75, 3.05) is 22.7 Å². The second-order valence-electron chi connectivity index (χ2n) is 8.10. The van der Waals surface area contributed by atoms with Crippen molar-refractivity contribution in [3.63, 3.8) is 0 Å². The van der Waals surface area contributed by atoms with Crippen molar-refractivity contribution in [1.29, 1.82) is 0 Å². The van der Waals surface area contributed by atoms with Crippen molar-refractivity contribution in [3.8, 4) is 11.1 Å². The quantitative estimate of drug-likeness (QED) is 0.480. The molecule has 1 fully saturated rings. The van der Waals surface area contributed by atoms with E-state index in [4.69, 9.17) is 0 Å². The number of anilines is 2. The van der Waals surface area contributed by atoms with Crippen LogP contribution in [0.5, 0.6) is 0 Å². The number of piperidine rings is 1. The first kappa shape index (κ1) is 19.3. The second kappa shape index (κ2) is 8.60. The third-order valence-corrected chi connectivity index (χ3v) is 6.84. The van der Waals surface area contributed by atoms with Gasteiger partial charge in [-0.15, -0.1) is 0 Å². The number of hydrogen-bond donors (Lipinski definition) is 1. The topological polar surface area (TPSA) is 33.1 Å². The van der Waals surface area contributed by atoms with Gasteiger partial charge in [-0.1, -0.05) is 30.4 Å². The van der Waals surface area contributed by atoms with E-state index in [2.05, 4.69) is 81.0 Å². The van der Waals surface area contributed by atoms with Crippen LogP contribution >= 0.6 is 11.9 Å². The monoisotopic (exact) mass is 416 g/mol. The molecule has 0 atom stereocenters. The molecule has 4 nitrogen and oxygen atoms in total. The van der Waals surface area contributed by atoms with E-state index in [0.29, 0.717) is 0 Å². The molecule has 5 rings (SSSR count). The predicted octanol–water partition coefficient (Wildman–Crippen LogP) is 6.52. The van der Waals surface area contributed by atoms with Crippen LogP contribution in [-0.4, -0.2) is 22.6 Å². The van der Waals surface area contributed by atoms with Crippen LogP contribution < -0.4 is 9.62 Å². The standard InChI is InChI=1S/C25H28N4S/c1-28-18-22(19-9-8-10-20(17-19)29-15-6-3-7-16-29)24-23(13-14-26-25(24)28)27-30-21-11-4-2-5-12-21/h4,8-14,17-18H,2-3,5-7,15-16H2,1H3,(H,26,27). The van der Waals surface area contributed by atoms with Crippen molar-refractivity contribution in [2.24, 2.45) is 7.05 Å². The van der Waals surface area contributed by atoms with Gasteiger partial charge in [0, 0.05) is 48.7 Å². The third kappa shape index (κ3) is 3.86. The Hall–Kier alpha value is -2.66. The van der Waals surface area contributed by atoms with Crippen LogP contribution in [0.25, 0.3) is 22.2 Å². The first-order chi connectivity index (χ1) is 14.8. The van der Waals surface area contributed by atoms with Gasteiger partial charge in [-0.25, -0.2) is 4.98 Å². The van der Waals surface area contributed by atoms with Gasteiger partial charge in [0.25, 0.3) is 0 Å². The Morgan fingerprint density at radius 2 is 1.97 bits per heavy atom. The summed E-state index contributed by atoms with van der Waals surface area (Å²) in [5, 5.41) is 1.18. The average Bonchev–Trinajstić information content (AvgIpc) is 3.16.